The molecule has 0 aliphatic carbocycles. The van der Waals surface area contributed by atoms with Crippen LogP contribution in [-0.2, 0) is 17.7 Å². The zero-order chi connectivity index (χ0) is 11.3. The summed E-state index contributed by atoms with van der Waals surface area (Å²) in [4.78, 5) is 4.05. The van der Waals surface area contributed by atoms with Gasteiger partial charge in [-0.3, -0.25) is 4.74 Å². The predicted octanol–water partition coefficient (Wildman–Crippen LogP) is 2.37. The Morgan fingerprint density at radius 1 is 1.47 bits per heavy atom. The Kier molecular flexibility index (Phi) is 4.14. The van der Waals surface area contributed by atoms with Gasteiger partial charge in [0.15, 0.2) is 0 Å². The van der Waals surface area contributed by atoms with Crippen molar-refractivity contribution in [2.24, 2.45) is 0 Å². The van der Waals surface area contributed by atoms with Crippen LogP contribution in [0.4, 0.5) is 13.2 Å². The number of aromatic nitrogens is 2. The van der Waals surface area contributed by atoms with Crippen molar-refractivity contribution in [1.82, 2.24) is 9.55 Å². The van der Waals surface area contributed by atoms with Crippen LogP contribution in [0.1, 0.15) is 19.2 Å². The predicted molar refractivity (Wildman–Crippen MR) is 48.2 cm³/mol. The van der Waals surface area contributed by atoms with E-state index in [-0.39, 0.29) is 13.2 Å². The molecule has 1 aromatic heterocycles. The fraction of sp³-hybridized carbons (Fsp3) is 0.667. The third-order valence-corrected chi connectivity index (χ3v) is 1.87. The van der Waals surface area contributed by atoms with Gasteiger partial charge in [0.25, 0.3) is 0 Å². The first-order chi connectivity index (χ1) is 7.03. The van der Waals surface area contributed by atoms with Crippen LogP contribution >= 0.6 is 0 Å². The third-order valence-electron chi connectivity index (χ3n) is 1.87. The van der Waals surface area contributed by atoms with Gasteiger partial charge in [-0.15, -0.1) is 13.2 Å². The highest BCUT2D eigenvalue weighted by Gasteiger charge is 2.28. The summed E-state index contributed by atoms with van der Waals surface area (Å²) >= 11 is 0. The molecule has 1 aromatic rings. The number of hydrogen-bond donors (Lipinski definition) is 0. The summed E-state index contributed by atoms with van der Waals surface area (Å²) in [7, 11) is 0. The standard InChI is InChI=1S/C9H13F3N2O/c1-2-3-8-13-4-5-14(8)6-7-15-9(10,11)12/h4-5H,2-3,6-7H2,1H3. The molecule has 0 amide bonds. The summed E-state index contributed by atoms with van der Waals surface area (Å²) in [6.45, 7) is 1.79. The fourth-order valence-electron chi connectivity index (χ4n) is 1.26. The van der Waals surface area contributed by atoms with Crippen molar-refractivity contribution in [3.8, 4) is 0 Å². The van der Waals surface area contributed by atoms with Gasteiger partial charge in [-0.05, 0) is 6.42 Å². The maximum atomic E-state index is 11.7. The van der Waals surface area contributed by atoms with Gasteiger partial charge in [-0.1, -0.05) is 6.92 Å². The number of ether oxygens (including phenoxy) is 1. The molecule has 86 valence electrons. The largest absolute Gasteiger partial charge is 0.522 e. The Hall–Kier alpha value is -1.04. The molecular formula is C9H13F3N2O. The quantitative estimate of drug-likeness (QED) is 0.764. The van der Waals surface area contributed by atoms with Crippen LogP contribution in [0, 0.1) is 0 Å². The summed E-state index contributed by atoms with van der Waals surface area (Å²) in [5.41, 5.74) is 0. The Balaban J connectivity index is 2.40. The SMILES string of the molecule is CCCc1nccn1CCOC(F)(F)F. The minimum atomic E-state index is -4.55. The van der Waals surface area contributed by atoms with Gasteiger partial charge in [-0.25, -0.2) is 4.98 Å². The minimum absolute atomic E-state index is 0.175. The van der Waals surface area contributed by atoms with Crippen LogP contribution < -0.4 is 0 Å². The molecule has 0 spiro atoms. The van der Waals surface area contributed by atoms with E-state index in [0.29, 0.717) is 0 Å². The van der Waals surface area contributed by atoms with E-state index in [9.17, 15) is 13.2 Å². The highest BCUT2D eigenvalue weighted by molar-refractivity contribution is 4.92. The molecule has 0 saturated heterocycles. The van der Waals surface area contributed by atoms with Crippen molar-refractivity contribution >= 4 is 0 Å². The molecule has 0 bridgehead atoms. The van der Waals surface area contributed by atoms with Crippen LogP contribution in [0.3, 0.4) is 0 Å². The van der Waals surface area contributed by atoms with E-state index < -0.39 is 6.36 Å². The average Bonchev–Trinajstić information content (AvgIpc) is 2.51. The molecule has 0 unspecified atom stereocenters. The number of aryl methyl sites for hydroxylation is 1. The molecule has 0 N–H and O–H groups in total. The van der Waals surface area contributed by atoms with Gasteiger partial charge < -0.3 is 4.57 Å². The topological polar surface area (TPSA) is 27.1 Å². The lowest BCUT2D eigenvalue weighted by atomic mass is 10.3. The van der Waals surface area contributed by atoms with Crippen LogP contribution in [0.2, 0.25) is 0 Å². The number of imidazole rings is 1. The summed E-state index contributed by atoms with van der Waals surface area (Å²) in [5, 5.41) is 0. The second kappa shape index (κ2) is 5.16. The second-order valence-electron chi connectivity index (χ2n) is 3.08. The molecule has 0 aromatic carbocycles. The van der Waals surface area contributed by atoms with Crippen LogP contribution in [-0.4, -0.2) is 22.5 Å². The van der Waals surface area contributed by atoms with Gasteiger partial charge in [0.2, 0.25) is 0 Å². The number of halogens is 3. The lowest BCUT2D eigenvalue weighted by Gasteiger charge is -2.09. The number of nitrogens with zero attached hydrogens (tertiary/aromatic N) is 2. The van der Waals surface area contributed by atoms with Gasteiger partial charge in [-0.2, -0.15) is 0 Å². The van der Waals surface area contributed by atoms with Crippen LogP contribution in [0.25, 0.3) is 0 Å². The molecule has 0 saturated carbocycles. The Bertz CT molecular complexity index is 296. The molecule has 1 heterocycles. The average molecular weight is 222 g/mol. The second-order valence-corrected chi connectivity index (χ2v) is 3.08. The van der Waals surface area contributed by atoms with E-state index in [2.05, 4.69) is 9.72 Å². The summed E-state index contributed by atoms with van der Waals surface area (Å²) < 4.78 is 40.4. The highest BCUT2D eigenvalue weighted by atomic mass is 19.4. The number of rotatable bonds is 5. The maximum Gasteiger partial charge on any atom is 0.522 e. The van der Waals surface area contributed by atoms with Crippen molar-refractivity contribution in [2.45, 2.75) is 32.7 Å². The molecule has 0 aliphatic rings. The fourth-order valence-corrected chi connectivity index (χ4v) is 1.26. The Labute approximate surface area is 85.9 Å². The lowest BCUT2D eigenvalue weighted by Crippen LogP contribution is -2.18. The first-order valence-corrected chi connectivity index (χ1v) is 4.73. The number of hydrogen-bond acceptors (Lipinski definition) is 2. The van der Waals surface area contributed by atoms with Crippen molar-refractivity contribution in [3.05, 3.63) is 18.2 Å². The first-order valence-electron chi connectivity index (χ1n) is 4.73. The molecule has 3 nitrogen and oxygen atoms in total. The molecule has 6 heteroatoms. The Morgan fingerprint density at radius 3 is 2.80 bits per heavy atom. The van der Waals surface area contributed by atoms with E-state index in [1.165, 1.54) is 0 Å². The van der Waals surface area contributed by atoms with Crippen LogP contribution in [0.15, 0.2) is 12.4 Å². The summed E-state index contributed by atoms with van der Waals surface area (Å²) in [5.74, 6) is 0.795. The van der Waals surface area contributed by atoms with E-state index in [1.807, 2.05) is 6.92 Å². The normalized spacial score (nSPS) is 12.0. The minimum Gasteiger partial charge on any atom is -0.333 e. The van der Waals surface area contributed by atoms with Crippen LogP contribution in [0.5, 0.6) is 0 Å². The third kappa shape index (κ3) is 4.33. The van der Waals surface area contributed by atoms with E-state index in [0.717, 1.165) is 18.7 Å². The van der Waals surface area contributed by atoms with E-state index >= 15 is 0 Å². The highest BCUT2D eigenvalue weighted by Crippen LogP contribution is 2.16. The number of alkyl halides is 3. The zero-order valence-electron chi connectivity index (χ0n) is 8.42. The molecule has 0 aliphatic heterocycles. The van der Waals surface area contributed by atoms with E-state index in [1.54, 1.807) is 17.0 Å². The zero-order valence-corrected chi connectivity index (χ0v) is 8.42. The Morgan fingerprint density at radius 2 is 2.20 bits per heavy atom. The van der Waals surface area contributed by atoms with Gasteiger partial charge in [0, 0.05) is 25.4 Å². The first kappa shape index (κ1) is 12.0. The summed E-state index contributed by atoms with van der Waals surface area (Å²) in [6, 6.07) is 0. The van der Waals surface area contributed by atoms with Crippen molar-refractivity contribution in [3.63, 3.8) is 0 Å². The monoisotopic (exact) mass is 222 g/mol. The molecule has 15 heavy (non-hydrogen) atoms. The van der Waals surface area contributed by atoms with E-state index in [4.69, 9.17) is 0 Å². The molecule has 0 fully saturated rings. The van der Waals surface area contributed by atoms with Crippen molar-refractivity contribution < 1.29 is 17.9 Å². The smallest absolute Gasteiger partial charge is 0.333 e. The van der Waals surface area contributed by atoms with Gasteiger partial charge in [0.05, 0.1) is 6.61 Å². The van der Waals surface area contributed by atoms with Crippen molar-refractivity contribution in [2.75, 3.05) is 6.61 Å². The molecule has 1 rings (SSSR count). The maximum absolute atomic E-state index is 11.7. The lowest BCUT2D eigenvalue weighted by molar-refractivity contribution is -0.325. The van der Waals surface area contributed by atoms with Gasteiger partial charge in [0.1, 0.15) is 5.82 Å². The molecule has 0 radical (unpaired) electrons. The molecule has 0 atom stereocenters. The van der Waals surface area contributed by atoms with Crippen molar-refractivity contribution in [1.29, 1.82) is 0 Å². The van der Waals surface area contributed by atoms with Gasteiger partial charge >= 0.3 is 6.36 Å². The summed E-state index contributed by atoms with van der Waals surface area (Å²) in [6.07, 6.45) is 0.366. The molecular weight excluding hydrogens is 209 g/mol.